The van der Waals surface area contributed by atoms with Gasteiger partial charge in [-0.15, -0.1) is 0 Å². The van der Waals surface area contributed by atoms with Gasteiger partial charge in [-0.05, 0) is 29.8 Å². The average Bonchev–Trinajstić information content (AvgIpc) is 3.03. The molecular weight excluding hydrogens is 262 g/mol. The van der Waals surface area contributed by atoms with E-state index in [-0.39, 0.29) is 0 Å². The Hall–Kier alpha value is -2.01. The van der Waals surface area contributed by atoms with Gasteiger partial charge in [-0.1, -0.05) is 18.2 Å². The Morgan fingerprint density at radius 2 is 1.89 bits per heavy atom. The highest BCUT2D eigenvalue weighted by Crippen LogP contribution is 2.36. The van der Waals surface area contributed by atoms with Crippen LogP contribution in [0.2, 0.25) is 0 Å². The highest BCUT2D eigenvalue weighted by molar-refractivity contribution is 7.82. The van der Waals surface area contributed by atoms with E-state index in [9.17, 15) is 0 Å². The molecule has 2 aliphatic rings. The van der Waals surface area contributed by atoms with E-state index in [2.05, 4.69) is 4.36 Å². The zero-order chi connectivity index (χ0) is 12.7. The first-order chi connectivity index (χ1) is 9.38. The van der Waals surface area contributed by atoms with Crippen molar-refractivity contribution < 1.29 is 13.7 Å². The Kier molecular flexibility index (Phi) is 2.45. The molecule has 2 heterocycles. The van der Waals surface area contributed by atoms with Gasteiger partial charge in [0, 0.05) is 0 Å². The number of hydrogen-bond donors (Lipinski definition) is 0. The van der Waals surface area contributed by atoms with Crippen molar-refractivity contribution in [2.45, 2.75) is 5.75 Å². The van der Waals surface area contributed by atoms with E-state index in [1.165, 1.54) is 0 Å². The Morgan fingerprint density at radius 1 is 1.00 bits per heavy atom. The smallest absolute Gasteiger partial charge is 0.231 e. The van der Waals surface area contributed by atoms with Crippen molar-refractivity contribution >= 4 is 16.7 Å². The van der Waals surface area contributed by atoms with Crippen LogP contribution in [0.4, 0.5) is 5.69 Å². The molecule has 2 aliphatic heterocycles. The second-order valence-corrected chi connectivity index (χ2v) is 5.58. The molecule has 19 heavy (non-hydrogen) atoms. The number of ether oxygens (including phenoxy) is 2. The topological polar surface area (TPSA) is 40.0 Å². The minimum absolute atomic E-state index is 0.302. The Bertz CT molecular complexity index is 684. The minimum atomic E-state index is -0.443. The molecule has 1 unspecified atom stereocenters. The second-order valence-electron chi connectivity index (χ2n) is 4.30. The van der Waals surface area contributed by atoms with Crippen molar-refractivity contribution in [3.05, 3.63) is 48.0 Å². The molecule has 0 saturated heterocycles. The van der Waals surface area contributed by atoms with E-state index in [4.69, 9.17) is 13.7 Å². The Balaban J connectivity index is 1.57. The molecule has 0 amide bonds. The second kappa shape index (κ2) is 4.28. The summed E-state index contributed by atoms with van der Waals surface area (Å²) in [6.07, 6.45) is 0. The summed E-state index contributed by atoms with van der Waals surface area (Å²) in [6, 6.07) is 13.8. The third-order valence-corrected chi connectivity index (χ3v) is 4.33. The molecule has 1 atom stereocenters. The number of nitrogens with zero attached hydrogens (tertiary/aromatic N) is 1. The van der Waals surface area contributed by atoms with E-state index < -0.39 is 11.0 Å². The van der Waals surface area contributed by atoms with Crippen LogP contribution >= 0.6 is 0 Å². The standard InChI is InChI=1S/C14H11NO3S/c1-2-4-12-11(3-1)15-19(18-12)8-10-5-6-13-14(7-10)17-9-16-13/h1-7H,8-9H2. The molecule has 0 aromatic heterocycles. The molecule has 0 aliphatic carbocycles. The Morgan fingerprint density at radius 3 is 2.84 bits per heavy atom. The van der Waals surface area contributed by atoms with Crippen LogP contribution < -0.4 is 13.7 Å². The molecule has 2 aromatic rings. The summed E-state index contributed by atoms with van der Waals surface area (Å²) in [7, 11) is -0.443. The van der Waals surface area contributed by atoms with Gasteiger partial charge in [0.2, 0.25) is 6.79 Å². The van der Waals surface area contributed by atoms with Crippen molar-refractivity contribution in [1.82, 2.24) is 0 Å². The number of rotatable bonds is 2. The van der Waals surface area contributed by atoms with Gasteiger partial charge in [-0.2, -0.15) is 4.36 Å². The largest absolute Gasteiger partial charge is 0.454 e. The van der Waals surface area contributed by atoms with Gasteiger partial charge in [0.1, 0.15) is 5.69 Å². The molecule has 4 rings (SSSR count). The normalized spacial score (nSPS) is 18.6. The van der Waals surface area contributed by atoms with Crippen molar-refractivity contribution in [1.29, 1.82) is 0 Å². The van der Waals surface area contributed by atoms with E-state index in [0.29, 0.717) is 6.79 Å². The van der Waals surface area contributed by atoms with E-state index in [0.717, 1.165) is 34.3 Å². The van der Waals surface area contributed by atoms with Gasteiger partial charge in [-0.3, -0.25) is 0 Å². The molecule has 0 spiro atoms. The molecule has 0 bridgehead atoms. The fourth-order valence-electron chi connectivity index (χ4n) is 2.07. The summed E-state index contributed by atoms with van der Waals surface area (Å²) >= 11 is 0. The zero-order valence-electron chi connectivity index (χ0n) is 10.0. The molecule has 0 N–H and O–H groups in total. The lowest BCUT2D eigenvalue weighted by Crippen LogP contribution is -1.99. The lowest BCUT2D eigenvalue weighted by Gasteiger charge is -2.04. The molecule has 96 valence electrons. The average molecular weight is 273 g/mol. The van der Waals surface area contributed by atoms with Crippen molar-refractivity contribution in [2.75, 3.05) is 6.79 Å². The number of hydrogen-bond acceptors (Lipinski definition) is 4. The summed E-state index contributed by atoms with van der Waals surface area (Å²) in [5.74, 6) is 3.23. The first-order valence-electron chi connectivity index (χ1n) is 5.97. The van der Waals surface area contributed by atoms with Crippen molar-refractivity contribution in [2.24, 2.45) is 4.36 Å². The Labute approximate surface area is 113 Å². The van der Waals surface area contributed by atoms with Gasteiger partial charge in [0.05, 0.1) is 16.7 Å². The number of para-hydroxylation sites is 1. The van der Waals surface area contributed by atoms with Gasteiger partial charge >= 0.3 is 0 Å². The van der Waals surface area contributed by atoms with Crippen molar-refractivity contribution in [3.63, 3.8) is 0 Å². The van der Waals surface area contributed by atoms with Crippen LogP contribution in [0, 0.1) is 0 Å². The van der Waals surface area contributed by atoms with Crippen LogP contribution in [0.3, 0.4) is 0 Å². The third-order valence-electron chi connectivity index (χ3n) is 2.98. The van der Waals surface area contributed by atoms with Gasteiger partial charge in [-0.25, -0.2) is 0 Å². The van der Waals surface area contributed by atoms with Crippen LogP contribution in [-0.2, 0) is 16.7 Å². The molecular formula is C14H11NO3S. The van der Waals surface area contributed by atoms with Gasteiger partial charge in [0.25, 0.3) is 0 Å². The zero-order valence-corrected chi connectivity index (χ0v) is 10.9. The molecule has 0 saturated carbocycles. The molecule has 4 nitrogen and oxygen atoms in total. The highest BCUT2D eigenvalue weighted by Gasteiger charge is 2.17. The fraction of sp³-hybridized carbons (Fsp3) is 0.143. The van der Waals surface area contributed by atoms with Gasteiger partial charge in [0.15, 0.2) is 17.2 Å². The number of benzene rings is 2. The predicted molar refractivity (Wildman–Crippen MR) is 72.8 cm³/mol. The highest BCUT2D eigenvalue weighted by atomic mass is 32.2. The van der Waals surface area contributed by atoms with Gasteiger partial charge < -0.3 is 13.7 Å². The molecule has 5 heteroatoms. The summed E-state index contributed by atoms with van der Waals surface area (Å²) in [6.45, 7) is 0.302. The van der Waals surface area contributed by atoms with Crippen LogP contribution in [0.5, 0.6) is 17.2 Å². The first-order valence-corrected chi connectivity index (χ1v) is 7.25. The molecule has 0 fully saturated rings. The predicted octanol–water partition coefficient (Wildman–Crippen LogP) is 3.36. The van der Waals surface area contributed by atoms with Crippen LogP contribution in [0.15, 0.2) is 46.8 Å². The van der Waals surface area contributed by atoms with Crippen LogP contribution in [0.25, 0.3) is 0 Å². The fourth-order valence-corrected chi connectivity index (χ4v) is 3.41. The third kappa shape index (κ3) is 1.96. The minimum Gasteiger partial charge on any atom is -0.454 e. The number of fused-ring (bicyclic) bond motifs is 2. The van der Waals surface area contributed by atoms with E-state index in [1.54, 1.807) is 0 Å². The quantitative estimate of drug-likeness (QED) is 0.842. The summed E-state index contributed by atoms with van der Waals surface area (Å²) < 4.78 is 21.1. The maximum Gasteiger partial charge on any atom is 0.231 e. The molecule has 2 aromatic carbocycles. The van der Waals surface area contributed by atoms with Crippen LogP contribution in [-0.4, -0.2) is 6.79 Å². The first kappa shape index (κ1) is 10.9. The maximum atomic E-state index is 5.82. The summed E-state index contributed by atoms with van der Waals surface area (Å²) in [4.78, 5) is 0. The summed E-state index contributed by atoms with van der Waals surface area (Å²) in [5.41, 5.74) is 2.08. The monoisotopic (exact) mass is 273 g/mol. The lowest BCUT2D eigenvalue weighted by atomic mass is 10.2. The SMILES string of the molecule is c1ccc2c(c1)N=S(Cc1ccc3c(c1)OCO3)O2. The summed E-state index contributed by atoms with van der Waals surface area (Å²) in [5, 5.41) is 0. The van der Waals surface area contributed by atoms with Crippen molar-refractivity contribution in [3.8, 4) is 17.2 Å². The lowest BCUT2D eigenvalue weighted by molar-refractivity contribution is 0.174. The van der Waals surface area contributed by atoms with E-state index in [1.807, 2.05) is 42.5 Å². The maximum absolute atomic E-state index is 5.82. The van der Waals surface area contributed by atoms with E-state index >= 15 is 0 Å². The molecule has 0 radical (unpaired) electrons. The van der Waals surface area contributed by atoms with Crippen LogP contribution in [0.1, 0.15) is 5.56 Å².